The minimum atomic E-state index is -1.01. The Morgan fingerprint density at radius 1 is 1.06 bits per heavy atom. The molecule has 0 spiro atoms. The summed E-state index contributed by atoms with van der Waals surface area (Å²) < 4.78 is 11.6. The van der Waals surface area contributed by atoms with Crippen LogP contribution in [-0.4, -0.2) is 11.1 Å². The molecule has 0 aliphatic carbocycles. The Hall–Kier alpha value is -3.46. The van der Waals surface area contributed by atoms with Crippen molar-refractivity contribution in [1.29, 1.82) is 5.26 Å². The number of carboxylic acid groups (broad SMARTS) is 1. The molecule has 156 valence electrons. The molecule has 3 aromatic carbocycles. The maximum absolute atomic E-state index is 11.5. The summed E-state index contributed by atoms with van der Waals surface area (Å²) in [5, 5.41) is 18.8. The zero-order chi connectivity index (χ0) is 22.4. The molecule has 0 bridgehead atoms. The minimum absolute atomic E-state index is 0.128. The smallest absolute Gasteiger partial charge is 0.335 e. The van der Waals surface area contributed by atoms with Crippen LogP contribution < -0.4 is 9.47 Å². The van der Waals surface area contributed by atoms with Crippen molar-refractivity contribution in [3.63, 3.8) is 0 Å². The zero-order valence-corrected chi connectivity index (χ0v) is 17.9. The summed E-state index contributed by atoms with van der Waals surface area (Å²) in [4.78, 5) is 11.5. The van der Waals surface area contributed by atoms with Crippen molar-refractivity contribution in [1.82, 2.24) is 0 Å². The highest BCUT2D eigenvalue weighted by Crippen LogP contribution is 2.40. The Labute approximate surface area is 189 Å². The third kappa shape index (κ3) is 5.37. The van der Waals surface area contributed by atoms with Crippen molar-refractivity contribution in [2.75, 3.05) is 0 Å². The van der Waals surface area contributed by atoms with Gasteiger partial charge in [0.05, 0.1) is 27.3 Å². The first-order valence-electron chi connectivity index (χ1n) is 9.20. The minimum Gasteiger partial charge on any atom is -0.489 e. The number of carboxylic acids is 1. The second-order valence-corrected chi connectivity index (χ2v) is 7.22. The fourth-order valence-corrected chi connectivity index (χ4v) is 3.44. The van der Waals surface area contributed by atoms with Crippen LogP contribution in [0.1, 0.15) is 23.6 Å². The maximum Gasteiger partial charge on any atom is 0.335 e. The molecule has 5 nitrogen and oxygen atoms in total. The molecule has 0 heterocycles. The third-order valence-corrected chi connectivity index (χ3v) is 4.96. The molecule has 7 heteroatoms. The first-order chi connectivity index (χ1) is 14.9. The van der Waals surface area contributed by atoms with Crippen molar-refractivity contribution < 1.29 is 19.4 Å². The van der Waals surface area contributed by atoms with Crippen molar-refractivity contribution >= 4 is 34.7 Å². The summed E-state index contributed by atoms with van der Waals surface area (Å²) in [6.07, 6.45) is 1.55. The van der Waals surface area contributed by atoms with Gasteiger partial charge in [0.2, 0.25) is 0 Å². The number of halogens is 2. The van der Waals surface area contributed by atoms with E-state index >= 15 is 0 Å². The first kappa shape index (κ1) is 22.2. The Morgan fingerprint density at radius 2 is 1.71 bits per heavy atom. The fourth-order valence-electron chi connectivity index (χ4n) is 2.90. The molecular formula is C24H17Cl2NO4. The third-order valence-electron chi connectivity index (χ3n) is 4.40. The number of carbonyl (C=O) groups is 1. The van der Waals surface area contributed by atoms with Gasteiger partial charge in [0, 0.05) is 12.1 Å². The molecule has 0 saturated heterocycles. The monoisotopic (exact) mass is 453 g/mol. The number of rotatable bonds is 7. The molecule has 0 amide bonds. The summed E-state index contributed by atoms with van der Waals surface area (Å²) >= 11 is 12.7. The van der Waals surface area contributed by atoms with Crippen LogP contribution in [0.15, 0.2) is 66.7 Å². The highest BCUT2D eigenvalue weighted by atomic mass is 35.5. The maximum atomic E-state index is 11.5. The van der Waals surface area contributed by atoms with Crippen LogP contribution in [-0.2, 0) is 11.4 Å². The van der Waals surface area contributed by atoms with Gasteiger partial charge in [-0.1, -0.05) is 53.5 Å². The van der Waals surface area contributed by atoms with Crippen molar-refractivity contribution in [3.8, 4) is 23.3 Å². The summed E-state index contributed by atoms with van der Waals surface area (Å²) in [5.41, 5.74) is 2.00. The number of ether oxygens (including phenoxy) is 2. The number of allylic oxidation sites excluding steroid dienone is 1. The van der Waals surface area contributed by atoms with Crippen LogP contribution in [0.3, 0.4) is 0 Å². The van der Waals surface area contributed by atoms with Crippen molar-refractivity contribution in [3.05, 3.63) is 93.5 Å². The molecule has 0 radical (unpaired) electrons. The number of nitrogens with zero attached hydrogens (tertiary/aromatic N) is 1. The SMILES string of the molecule is C/C=C(/C(=O)O)c1ccccc1COc1cc(Cl)c(Oc2ccc(C#N)cc2)c(Cl)c1. The van der Waals surface area contributed by atoms with Gasteiger partial charge in [-0.3, -0.25) is 0 Å². The van der Waals surface area contributed by atoms with Gasteiger partial charge in [0.25, 0.3) is 0 Å². The molecule has 3 aromatic rings. The van der Waals surface area contributed by atoms with Crippen LogP contribution >= 0.6 is 23.2 Å². The lowest BCUT2D eigenvalue weighted by Gasteiger charge is -2.14. The van der Waals surface area contributed by atoms with E-state index in [4.69, 9.17) is 37.9 Å². The van der Waals surface area contributed by atoms with E-state index < -0.39 is 5.97 Å². The van der Waals surface area contributed by atoms with Crippen LogP contribution in [0, 0.1) is 11.3 Å². The van der Waals surface area contributed by atoms with Crippen LogP contribution in [0.5, 0.6) is 17.2 Å². The van der Waals surface area contributed by atoms with E-state index in [0.717, 1.165) is 0 Å². The van der Waals surface area contributed by atoms with Crippen molar-refractivity contribution in [2.45, 2.75) is 13.5 Å². The molecule has 0 atom stereocenters. The second kappa shape index (κ2) is 10.0. The zero-order valence-electron chi connectivity index (χ0n) is 16.4. The number of hydrogen-bond donors (Lipinski definition) is 1. The quantitative estimate of drug-likeness (QED) is 0.401. The summed E-state index contributed by atoms with van der Waals surface area (Å²) in [7, 11) is 0. The van der Waals surface area contributed by atoms with Gasteiger partial charge in [0.15, 0.2) is 5.75 Å². The largest absolute Gasteiger partial charge is 0.489 e. The molecule has 0 aromatic heterocycles. The lowest BCUT2D eigenvalue weighted by molar-refractivity contribution is -0.130. The van der Waals surface area contributed by atoms with Crippen molar-refractivity contribution in [2.24, 2.45) is 0 Å². The van der Waals surface area contributed by atoms with Gasteiger partial charge in [-0.15, -0.1) is 0 Å². The van der Waals surface area contributed by atoms with Crippen LogP contribution in [0.2, 0.25) is 10.0 Å². The first-order valence-corrected chi connectivity index (χ1v) is 9.96. The lowest BCUT2D eigenvalue weighted by Crippen LogP contribution is -2.05. The van der Waals surface area contributed by atoms with Gasteiger partial charge >= 0.3 is 5.97 Å². The number of hydrogen-bond acceptors (Lipinski definition) is 4. The van der Waals surface area contributed by atoms with Gasteiger partial charge in [-0.2, -0.15) is 5.26 Å². The highest BCUT2D eigenvalue weighted by Gasteiger charge is 2.15. The fraction of sp³-hybridized carbons (Fsp3) is 0.0833. The molecule has 0 aliphatic heterocycles. The van der Waals surface area contributed by atoms with E-state index in [0.29, 0.717) is 28.2 Å². The number of nitriles is 1. The van der Waals surface area contributed by atoms with E-state index in [-0.39, 0.29) is 28.0 Å². The molecule has 0 fully saturated rings. The Morgan fingerprint density at radius 3 is 2.29 bits per heavy atom. The normalized spacial score (nSPS) is 11.0. The summed E-state index contributed by atoms with van der Waals surface area (Å²) in [6, 6.07) is 18.8. The van der Waals surface area contributed by atoms with Crippen LogP contribution in [0.4, 0.5) is 0 Å². The summed E-state index contributed by atoms with van der Waals surface area (Å²) in [5.74, 6) is 0.153. The summed E-state index contributed by atoms with van der Waals surface area (Å²) in [6.45, 7) is 1.80. The second-order valence-electron chi connectivity index (χ2n) is 6.41. The van der Waals surface area contributed by atoms with Crippen LogP contribution in [0.25, 0.3) is 5.57 Å². The average molecular weight is 454 g/mol. The van der Waals surface area contributed by atoms with E-state index in [1.165, 1.54) is 0 Å². The lowest BCUT2D eigenvalue weighted by atomic mass is 10.00. The van der Waals surface area contributed by atoms with E-state index in [2.05, 4.69) is 0 Å². The molecule has 0 unspecified atom stereocenters. The molecule has 0 aliphatic rings. The topological polar surface area (TPSA) is 79.6 Å². The molecule has 1 N–H and O–H groups in total. The van der Waals surface area contributed by atoms with E-state index in [1.807, 2.05) is 12.1 Å². The Bertz CT molecular complexity index is 1160. The molecule has 3 rings (SSSR count). The van der Waals surface area contributed by atoms with E-state index in [9.17, 15) is 9.90 Å². The standard InChI is InChI=1S/C24H17Cl2NO4/c1-2-19(24(28)29)20-6-4-3-5-16(20)14-30-18-11-21(25)23(22(26)12-18)31-17-9-7-15(13-27)8-10-17/h2-12H,14H2,1H3,(H,28,29)/b19-2+. The van der Waals surface area contributed by atoms with Gasteiger partial charge in [-0.25, -0.2) is 4.79 Å². The van der Waals surface area contributed by atoms with E-state index in [1.54, 1.807) is 67.6 Å². The Kier molecular flexibility index (Phi) is 7.19. The predicted octanol–water partition coefficient (Wildman–Crippen LogP) is 6.72. The van der Waals surface area contributed by atoms with Gasteiger partial charge in [0.1, 0.15) is 18.1 Å². The molecular weight excluding hydrogens is 437 g/mol. The van der Waals surface area contributed by atoms with Gasteiger partial charge in [-0.05, 0) is 42.3 Å². The Balaban J connectivity index is 1.79. The highest BCUT2D eigenvalue weighted by molar-refractivity contribution is 6.37. The predicted molar refractivity (Wildman–Crippen MR) is 120 cm³/mol. The molecule has 31 heavy (non-hydrogen) atoms. The molecule has 0 saturated carbocycles. The number of aliphatic carboxylic acids is 1. The average Bonchev–Trinajstić information content (AvgIpc) is 2.76. The van der Waals surface area contributed by atoms with Gasteiger partial charge < -0.3 is 14.6 Å². The number of benzene rings is 3.